The molecule has 0 fully saturated rings. The molecule has 2 N–H and O–H groups in total. The monoisotopic (exact) mass is 331 g/mol. The molecule has 0 spiro atoms. The SMILES string of the molecule is CC(NS(=O)(=O)c1ccc(CO)s1)c1cccc(Cl)c1. The molecule has 0 aliphatic carbocycles. The Morgan fingerprint density at radius 1 is 1.35 bits per heavy atom. The first kappa shape index (κ1) is 15.5. The van der Waals surface area contributed by atoms with Crippen molar-refractivity contribution in [3.8, 4) is 0 Å². The molecule has 1 aromatic heterocycles. The Kier molecular flexibility index (Phi) is 4.82. The summed E-state index contributed by atoms with van der Waals surface area (Å²) in [6.07, 6.45) is 0. The maximum Gasteiger partial charge on any atom is 0.250 e. The number of rotatable bonds is 5. The molecule has 2 aromatic rings. The van der Waals surface area contributed by atoms with Gasteiger partial charge in [0.1, 0.15) is 4.21 Å². The van der Waals surface area contributed by atoms with E-state index in [4.69, 9.17) is 16.7 Å². The van der Waals surface area contributed by atoms with Crippen LogP contribution in [0.5, 0.6) is 0 Å². The average molecular weight is 332 g/mol. The number of thiophene rings is 1. The topological polar surface area (TPSA) is 66.4 Å². The van der Waals surface area contributed by atoms with Gasteiger partial charge in [0, 0.05) is 15.9 Å². The summed E-state index contributed by atoms with van der Waals surface area (Å²) in [5, 5.41) is 9.55. The van der Waals surface area contributed by atoms with Crippen molar-refractivity contribution in [1.29, 1.82) is 0 Å². The van der Waals surface area contributed by atoms with Gasteiger partial charge < -0.3 is 5.11 Å². The Morgan fingerprint density at radius 3 is 2.70 bits per heavy atom. The van der Waals surface area contributed by atoms with Crippen LogP contribution < -0.4 is 4.72 Å². The lowest BCUT2D eigenvalue weighted by Crippen LogP contribution is -2.26. The normalized spacial score (nSPS) is 13.3. The number of benzene rings is 1. The van der Waals surface area contributed by atoms with Gasteiger partial charge >= 0.3 is 0 Å². The summed E-state index contributed by atoms with van der Waals surface area (Å²) < 4.78 is 27.2. The smallest absolute Gasteiger partial charge is 0.250 e. The molecule has 0 saturated carbocycles. The highest BCUT2D eigenvalue weighted by Crippen LogP contribution is 2.24. The lowest BCUT2D eigenvalue weighted by molar-refractivity contribution is 0.285. The Balaban J connectivity index is 2.19. The summed E-state index contributed by atoms with van der Waals surface area (Å²) in [6, 6.07) is 9.75. The van der Waals surface area contributed by atoms with E-state index in [1.807, 2.05) is 6.07 Å². The van der Waals surface area contributed by atoms with Gasteiger partial charge in [0.05, 0.1) is 6.61 Å². The molecule has 2 rings (SSSR count). The van der Waals surface area contributed by atoms with Gasteiger partial charge in [-0.05, 0) is 36.8 Å². The molecular formula is C13H14ClNO3S2. The van der Waals surface area contributed by atoms with Gasteiger partial charge in [-0.1, -0.05) is 23.7 Å². The Bertz CT molecular complexity index is 697. The third-order valence-corrected chi connectivity index (χ3v) is 6.08. The Hall–Kier alpha value is -0.920. The van der Waals surface area contributed by atoms with Crippen LogP contribution in [0.2, 0.25) is 5.02 Å². The fourth-order valence-corrected chi connectivity index (χ4v) is 4.39. The number of nitrogens with one attached hydrogen (secondary N) is 1. The van der Waals surface area contributed by atoms with Crippen molar-refractivity contribution < 1.29 is 13.5 Å². The number of aliphatic hydroxyl groups is 1. The van der Waals surface area contributed by atoms with Gasteiger partial charge in [-0.3, -0.25) is 0 Å². The number of aliphatic hydroxyl groups excluding tert-OH is 1. The molecule has 7 heteroatoms. The van der Waals surface area contributed by atoms with Crippen molar-refractivity contribution in [3.63, 3.8) is 0 Å². The highest BCUT2D eigenvalue weighted by Gasteiger charge is 2.20. The lowest BCUT2D eigenvalue weighted by Gasteiger charge is -2.14. The van der Waals surface area contributed by atoms with Crippen LogP contribution in [-0.2, 0) is 16.6 Å². The van der Waals surface area contributed by atoms with Crippen LogP contribution in [0.15, 0.2) is 40.6 Å². The third kappa shape index (κ3) is 3.59. The molecular weight excluding hydrogens is 318 g/mol. The fraction of sp³-hybridized carbons (Fsp3) is 0.231. The average Bonchev–Trinajstić information content (AvgIpc) is 2.87. The van der Waals surface area contributed by atoms with E-state index in [1.165, 1.54) is 6.07 Å². The molecule has 0 amide bonds. The summed E-state index contributed by atoms with van der Waals surface area (Å²) in [4.78, 5) is 0.612. The minimum absolute atomic E-state index is 0.163. The molecule has 1 unspecified atom stereocenters. The molecule has 1 heterocycles. The van der Waals surface area contributed by atoms with E-state index in [0.717, 1.165) is 16.9 Å². The van der Waals surface area contributed by atoms with Crippen LogP contribution in [0.1, 0.15) is 23.4 Å². The van der Waals surface area contributed by atoms with Crippen LogP contribution in [0.25, 0.3) is 0 Å². The molecule has 0 aliphatic heterocycles. The van der Waals surface area contributed by atoms with Gasteiger partial charge in [-0.25, -0.2) is 13.1 Å². The van der Waals surface area contributed by atoms with E-state index >= 15 is 0 Å². The van der Waals surface area contributed by atoms with E-state index in [2.05, 4.69) is 4.72 Å². The number of hydrogen-bond donors (Lipinski definition) is 2. The largest absolute Gasteiger partial charge is 0.391 e. The fourth-order valence-electron chi connectivity index (χ4n) is 1.72. The standard InChI is InChI=1S/C13H14ClNO3S2/c1-9(10-3-2-4-11(14)7-10)15-20(17,18)13-6-5-12(8-16)19-13/h2-7,9,15-16H,8H2,1H3. The first-order chi connectivity index (χ1) is 9.42. The van der Waals surface area contributed by atoms with Crippen LogP contribution in [-0.4, -0.2) is 13.5 Å². The number of sulfonamides is 1. The zero-order valence-electron chi connectivity index (χ0n) is 10.7. The summed E-state index contributed by atoms with van der Waals surface area (Å²) in [7, 11) is -3.60. The molecule has 4 nitrogen and oxygen atoms in total. The molecule has 1 atom stereocenters. The number of halogens is 1. The third-order valence-electron chi connectivity index (χ3n) is 2.74. The molecule has 20 heavy (non-hydrogen) atoms. The van der Waals surface area contributed by atoms with Crippen LogP contribution in [0.3, 0.4) is 0 Å². The summed E-state index contributed by atoms with van der Waals surface area (Å²) >= 11 is 6.95. The summed E-state index contributed by atoms with van der Waals surface area (Å²) in [6.45, 7) is 1.59. The van der Waals surface area contributed by atoms with E-state index in [9.17, 15) is 8.42 Å². The van der Waals surface area contributed by atoms with Crippen molar-refractivity contribution in [2.75, 3.05) is 0 Å². The second-order valence-corrected chi connectivity index (χ2v) is 7.82. The molecule has 0 radical (unpaired) electrons. The molecule has 0 aliphatic rings. The second kappa shape index (κ2) is 6.24. The van der Waals surface area contributed by atoms with Gasteiger partial charge in [0.2, 0.25) is 0 Å². The second-order valence-electron chi connectivity index (χ2n) is 4.28. The van der Waals surface area contributed by atoms with Crippen LogP contribution in [0.4, 0.5) is 0 Å². The van der Waals surface area contributed by atoms with Gasteiger partial charge in [0.25, 0.3) is 10.0 Å². The predicted octanol–water partition coefficient (Wildman–Crippen LogP) is 2.93. The zero-order chi connectivity index (χ0) is 14.8. The van der Waals surface area contributed by atoms with E-state index < -0.39 is 16.1 Å². The van der Waals surface area contributed by atoms with E-state index in [0.29, 0.717) is 9.90 Å². The van der Waals surface area contributed by atoms with E-state index in [1.54, 1.807) is 31.2 Å². The summed E-state index contributed by atoms with van der Waals surface area (Å²) in [5.41, 5.74) is 0.792. The highest BCUT2D eigenvalue weighted by atomic mass is 35.5. The summed E-state index contributed by atoms with van der Waals surface area (Å²) in [5.74, 6) is 0. The quantitative estimate of drug-likeness (QED) is 0.885. The van der Waals surface area contributed by atoms with Crippen molar-refractivity contribution >= 4 is 33.0 Å². The molecule has 1 aromatic carbocycles. The predicted molar refractivity (Wildman–Crippen MR) is 80.4 cm³/mol. The lowest BCUT2D eigenvalue weighted by atomic mass is 10.1. The first-order valence-electron chi connectivity index (χ1n) is 5.90. The van der Waals surface area contributed by atoms with Crippen molar-refractivity contribution in [1.82, 2.24) is 4.72 Å². The van der Waals surface area contributed by atoms with Gasteiger partial charge in [-0.15, -0.1) is 11.3 Å². The Labute approximate surface area is 127 Å². The van der Waals surface area contributed by atoms with Crippen LogP contribution in [0, 0.1) is 0 Å². The Morgan fingerprint density at radius 2 is 2.10 bits per heavy atom. The zero-order valence-corrected chi connectivity index (χ0v) is 13.1. The maximum atomic E-state index is 12.2. The van der Waals surface area contributed by atoms with Crippen molar-refractivity contribution in [2.24, 2.45) is 0 Å². The van der Waals surface area contributed by atoms with Crippen molar-refractivity contribution in [2.45, 2.75) is 23.8 Å². The van der Waals surface area contributed by atoms with Crippen molar-refractivity contribution in [3.05, 3.63) is 51.9 Å². The highest BCUT2D eigenvalue weighted by molar-refractivity contribution is 7.91. The van der Waals surface area contributed by atoms with Gasteiger partial charge in [-0.2, -0.15) is 0 Å². The first-order valence-corrected chi connectivity index (χ1v) is 8.57. The maximum absolute atomic E-state index is 12.2. The van der Waals surface area contributed by atoms with E-state index in [-0.39, 0.29) is 10.8 Å². The minimum Gasteiger partial charge on any atom is -0.391 e. The minimum atomic E-state index is -3.60. The molecule has 0 bridgehead atoms. The van der Waals surface area contributed by atoms with Gasteiger partial charge in [0.15, 0.2) is 0 Å². The number of hydrogen-bond acceptors (Lipinski definition) is 4. The molecule has 108 valence electrons. The van der Waals surface area contributed by atoms with Crippen LogP contribution >= 0.6 is 22.9 Å². The molecule has 0 saturated heterocycles.